The van der Waals surface area contributed by atoms with Crippen LogP contribution in [0.15, 0.2) is 24.3 Å². The zero-order chi connectivity index (χ0) is 18.8. The van der Waals surface area contributed by atoms with Crippen molar-refractivity contribution < 1.29 is 14.3 Å². The van der Waals surface area contributed by atoms with E-state index in [1.54, 1.807) is 0 Å². The Morgan fingerprint density at radius 3 is 2.63 bits per heavy atom. The van der Waals surface area contributed by atoms with Crippen molar-refractivity contribution in [3.05, 3.63) is 35.4 Å². The number of hydrogen-bond acceptors (Lipinski definition) is 4. The summed E-state index contributed by atoms with van der Waals surface area (Å²) in [4.78, 5) is 29.7. The lowest BCUT2D eigenvalue weighted by atomic mass is 9.78. The maximum Gasteiger partial charge on any atom is 0.323 e. The molecule has 2 fully saturated rings. The Balaban J connectivity index is 1.50. The van der Waals surface area contributed by atoms with Gasteiger partial charge in [0.1, 0.15) is 6.04 Å². The van der Waals surface area contributed by atoms with Crippen molar-refractivity contribution >= 4 is 11.9 Å². The smallest absolute Gasteiger partial charge is 0.323 e. The van der Waals surface area contributed by atoms with Gasteiger partial charge in [0, 0.05) is 19.1 Å². The topological polar surface area (TPSA) is 49.9 Å². The van der Waals surface area contributed by atoms with Gasteiger partial charge < -0.3 is 9.64 Å². The average molecular weight is 370 g/mol. The highest BCUT2D eigenvalue weighted by Gasteiger charge is 2.38. The summed E-state index contributed by atoms with van der Waals surface area (Å²) in [5, 5.41) is 0. The first-order valence-corrected chi connectivity index (χ1v) is 10.4. The third kappa shape index (κ3) is 3.75. The van der Waals surface area contributed by atoms with Gasteiger partial charge >= 0.3 is 5.97 Å². The largest absolute Gasteiger partial charge is 0.468 e. The summed E-state index contributed by atoms with van der Waals surface area (Å²) in [5.41, 5.74) is 2.39. The van der Waals surface area contributed by atoms with Crippen LogP contribution in [0.1, 0.15) is 49.7 Å². The Morgan fingerprint density at radius 2 is 1.81 bits per heavy atom. The fourth-order valence-corrected chi connectivity index (χ4v) is 5.31. The molecule has 1 aromatic rings. The second-order valence-corrected chi connectivity index (χ2v) is 8.26. The van der Waals surface area contributed by atoms with E-state index < -0.39 is 0 Å². The number of fused-ring (bicyclic) bond motifs is 2. The van der Waals surface area contributed by atoms with E-state index in [0.29, 0.717) is 31.5 Å². The molecule has 0 radical (unpaired) electrons. The molecule has 1 saturated carbocycles. The predicted octanol–water partition coefficient (Wildman–Crippen LogP) is 2.77. The van der Waals surface area contributed by atoms with E-state index in [2.05, 4.69) is 17.0 Å². The predicted molar refractivity (Wildman–Crippen MR) is 103 cm³/mol. The van der Waals surface area contributed by atoms with Crippen molar-refractivity contribution in [2.75, 3.05) is 20.2 Å². The van der Waals surface area contributed by atoms with Crippen LogP contribution in [0.25, 0.3) is 0 Å². The number of nitrogens with zero attached hydrogens (tertiary/aromatic N) is 2. The molecule has 27 heavy (non-hydrogen) atoms. The Hall–Kier alpha value is -1.88. The van der Waals surface area contributed by atoms with Crippen molar-refractivity contribution in [1.82, 2.24) is 9.80 Å². The van der Waals surface area contributed by atoms with Gasteiger partial charge in [0.15, 0.2) is 0 Å². The molecule has 3 aliphatic rings. The highest BCUT2D eigenvalue weighted by Crippen LogP contribution is 2.35. The van der Waals surface area contributed by atoms with E-state index in [0.717, 1.165) is 19.4 Å². The van der Waals surface area contributed by atoms with E-state index in [1.165, 1.54) is 43.9 Å². The van der Waals surface area contributed by atoms with Crippen LogP contribution in [0.4, 0.5) is 0 Å². The summed E-state index contributed by atoms with van der Waals surface area (Å²) >= 11 is 0. The molecule has 3 atom stereocenters. The first kappa shape index (κ1) is 18.5. The molecule has 5 heteroatoms. The molecule has 1 aliphatic carbocycles. The van der Waals surface area contributed by atoms with Crippen molar-refractivity contribution in [3.8, 4) is 0 Å². The molecule has 1 aromatic carbocycles. The number of carbonyl (C=O) groups excluding carboxylic acids is 2. The quantitative estimate of drug-likeness (QED) is 0.768. The summed E-state index contributed by atoms with van der Waals surface area (Å²) < 4.78 is 5.04. The van der Waals surface area contributed by atoms with Gasteiger partial charge in [-0.2, -0.15) is 0 Å². The first-order valence-electron chi connectivity index (χ1n) is 10.4. The van der Waals surface area contributed by atoms with Crippen molar-refractivity contribution in [1.29, 1.82) is 0 Å². The van der Waals surface area contributed by atoms with Gasteiger partial charge in [-0.3, -0.25) is 14.5 Å². The minimum absolute atomic E-state index is 0.180. The molecule has 146 valence electrons. The Labute approximate surface area is 161 Å². The minimum Gasteiger partial charge on any atom is -0.468 e. The lowest BCUT2D eigenvalue weighted by molar-refractivity contribution is -0.150. The van der Waals surface area contributed by atoms with Crippen molar-refractivity contribution in [2.45, 2.75) is 63.6 Å². The number of rotatable bonds is 3. The molecule has 0 spiro atoms. The number of hydrogen-bond donors (Lipinski definition) is 0. The highest BCUT2D eigenvalue weighted by atomic mass is 16.5. The minimum atomic E-state index is -0.374. The summed E-state index contributed by atoms with van der Waals surface area (Å²) in [5.74, 6) is 0.612. The van der Waals surface area contributed by atoms with E-state index >= 15 is 0 Å². The highest BCUT2D eigenvalue weighted by molar-refractivity contribution is 5.81. The maximum absolute atomic E-state index is 13.2. The third-order valence-electron chi connectivity index (χ3n) is 6.72. The average Bonchev–Trinajstić information content (AvgIpc) is 2.72. The van der Waals surface area contributed by atoms with Gasteiger partial charge in [-0.05, 0) is 49.1 Å². The molecule has 0 N–H and O–H groups in total. The zero-order valence-electron chi connectivity index (χ0n) is 16.2. The molecule has 0 aromatic heterocycles. The number of benzene rings is 1. The van der Waals surface area contributed by atoms with Gasteiger partial charge in [-0.1, -0.05) is 37.1 Å². The summed E-state index contributed by atoms with van der Waals surface area (Å²) in [6.45, 7) is 1.80. The fraction of sp³-hybridized carbons (Fsp3) is 0.636. The number of likely N-dealkylation sites (tertiary alicyclic amines) is 1. The van der Waals surface area contributed by atoms with Gasteiger partial charge in [0.25, 0.3) is 0 Å². The Bertz CT molecular complexity index is 703. The molecular weight excluding hydrogens is 340 g/mol. The van der Waals surface area contributed by atoms with Gasteiger partial charge in [-0.15, -0.1) is 0 Å². The molecule has 0 bridgehead atoms. The van der Waals surface area contributed by atoms with Crippen LogP contribution in [0.2, 0.25) is 0 Å². The number of esters is 1. The van der Waals surface area contributed by atoms with Gasteiger partial charge in [0.05, 0.1) is 13.7 Å². The van der Waals surface area contributed by atoms with Crippen molar-refractivity contribution in [2.24, 2.45) is 5.92 Å². The normalized spacial score (nSPS) is 28.2. The lowest BCUT2D eigenvalue weighted by Crippen LogP contribution is -2.55. The van der Waals surface area contributed by atoms with E-state index in [4.69, 9.17) is 4.74 Å². The standard InChI is InChI=1S/C22H30N2O3/c1-27-22(26)20-13-17-8-2-3-9-18(17)14-23(20)15-21(25)24-12-6-10-16-7-4-5-11-19(16)24/h2-3,8-9,16,19-20H,4-7,10-15H2,1H3. The van der Waals surface area contributed by atoms with E-state index in [-0.39, 0.29) is 17.9 Å². The monoisotopic (exact) mass is 370 g/mol. The summed E-state index contributed by atoms with van der Waals surface area (Å²) in [6.07, 6.45) is 7.91. The van der Waals surface area contributed by atoms with Crippen LogP contribution in [-0.2, 0) is 27.3 Å². The van der Waals surface area contributed by atoms with Gasteiger partial charge in [-0.25, -0.2) is 0 Å². The van der Waals surface area contributed by atoms with E-state index in [9.17, 15) is 9.59 Å². The van der Waals surface area contributed by atoms with Crippen LogP contribution in [-0.4, -0.2) is 54.0 Å². The molecule has 4 rings (SSSR count). The van der Waals surface area contributed by atoms with Crippen LogP contribution in [0.3, 0.4) is 0 Å². The SMILES string of the molecule is COC(=O)C1Cc2ccccc2CN1CC(=O)N1CCCC2CCCCC21. The zero-order valence-corrected chi connectivity index (χ0v) is 16.2. The van der Waals surface area contributed by atoms with Crippen LogP contribution >= 0.6 is 0 Å². The molecule has 5 nitrogen and oxygen atoms in total. The van der Waals surface area contributed by atoms with Crippen LogP contribution < -0.4 is 0 Å². The summed E-state index contributed by atoms with van der Waals surface area (Å²) in [7, 11) is 1.43. The fourth-order valence-electron chi connectivity index (χ4n) is 5.31. The number of carbonyl (C=O) groups is 2. The number of piperidine rings is 1. The van der Waals surface area contributed by atoms with Gasteiger partial charge in [0.2, 0.25) is 5.91 Å². The molecular formula is C22H30N2O3. The lowest BCUT2D eigenvalue weighted by Gasteiger charge is -2.45. The number of methoxy groups -OCH3 is 1. The molecule has 1 saturated heterocycles. The summed E-state index contributed by atoms with van der Waals surface area (Å²) in [6, 6.07) is 8.23. The molecule has 1 amide bonds. The second-order valence-electron chi connectivity index (χ2n) is 8.26. The number of ether oxygens (including phenoxy) is 1. The van der Waals surface area contributed by atoms with Crippen LogP contribution in [0, 0.1) is 5.92 Å². The van der Waals surface area contributed by atoms with Crippen LogP contribution in [0.5, 0.6) is 0 Å². The van der Waals surface area contributed by atoms with Crippen molar-refractivity contribution in [3.63, 3.8) is 0 Å². The maximum atomic E-state index is 13.2. The Kier molecular flexibility index (Phi) is 5.48. The molecule has 2 aliphatic heterocycles. The molecule has 2 heterocycles. The molecule has 3 unspecified atom stereocenters. The second kappa shape index (κ2) is 8.01. The third-order valence-corrected chi connectivity index (χ3v) is 6.72. The van der Waals surface area contributed by atoms with E-state index in [1.807, 2.05) is 17.0 Å². The Morgan fingerprint density at radius 1 is 1.07 bits per heavy atom. The first-order chi connectivity index (χ1) is 13.2. The number of amides is 1.